The van der Waals surface area contributed by atoms with Crippen LogP contribution in [0, 0.1) is 24.0 Å². The number of aromatic nitrogens is 2. The molecule has 1 N–H and O–H groups in total. The standard InChI is InChI=1S/C20H21N5O4S/c1-11-18(25(27)28)12(2)23(22-11)10-14-8-13(4-7-17(14)29-3)9-16-19(26)24(15-5-6-15)20(30)21-16/h4,7-9,15H,5-6,10H2,1-3H3,(H,21,30)/b16-9+. The van der Waals surface area contributed by atoms with Gasteiger partial charge in [-0.2, -0.15) is 5.10 Å². The number of ether oxygens (including phenoxy) is 1. The molecular weight excluding hydrogens is 406 g/mol. The lowest BCUT2D eigenvalue weighted by Gasteiger charge is -2.11. The van der Waals surface area contributed by atoms with E-state index in [1.54, 1.807) is 42.7 Å². The minimum atomic E-state index is -0.419. The fourth-order valence-electron chi connectivity index (χ4n) is 3.66. The molecule has 10 heteroatoms. The van der Waals surface area contributed by atoms with Crippen molar-refractivity contribution >= 4 is 35.0 Å². The van der Waals surface area contributed by atoms with Crippen LogP contribution in [0.2, 0.25) is 0 Å². The van der Waals surface area contributed by atoms with Crippen LogP contribution in [0.3, 0.4) is 0 Å². The zero-order valence-corrected chi connectivity index (χ0v) is 17.7. The molecule has 1 aliphatic heterocycles. The molecule has 0 unspecified atom stereocenters. The quantitative estimate of drug-likeness (QED) is 0.327. The van der Waals surface area contributed by atoms with Gasteiger partial charge in [-0.3, -0.25) is 24.5 Å². The van der Waals surface area contributed by atoms with Crippen LogP contribution in [0.1, 0.15) is 35.4 Å². The van der Waals surface area contributed by atoms with E-state index in [0.29, 0.717) is 34.5 Å². The fourth-order valence-corrected chi connectivity index (χ4v) is 4.00. The molecule has 2 aromatic rings. The third-order valence-corrected chi connectivity index (χ3v) is 5.58. The van der Waals surface area contributed by atoms with Crippen LogP contribution in [0.15, 0.2) is 23.9 Å². The first kappa shape index (κ1) is 20.0. The van der Waals surface area contributed by atoms with E-state index in [1.165, 1.54) is 0 Å². The predicted molar refractivity (Wildman–Crippen MR) is 114 cm³/mol. The molecule has 1 saturated carbocycles. The number of methoxy groups -OCH3 is 1. The molecule has 4 rings (SSSR count). The Hall–Kier alpha value is -3.27. The lowest BCUT2D eigenvalue weighted by molar-refractivity contribution is -0.386. The Balaban J connectivity index is 1.65. The van der Waals surface area contributed by atoms with Crippen LogP contribution in [0.5, 0.6) is 5.75 Å². The molecule has 2 heterocycles. The molecule has 30 heavy (non-hydrogen) atoms. The van der Waals surface area contributed by atoms with Gasteiger partial charge in [0.15, 0.2) is 5.11 Å². The lowest BCUT2D eigenvalue weighted by Crippen LogP contribution is -2.32. The Kier molecular flexibility index (Phi) is 5.02. The highest BCUT2D eigenvalue weighted by atomic mass is 32.1. The highest BCUT2D eigenvalue weighted by molar-refractivity contribution is 7.80. The van der Waals surface area contributed by atoms with Crippen molar-refractivity contribution < 1.29 is 14.5 Å². The molecule has 0 radical (unpaired) electrons. The Morgan fingerprint density at radius 2 is 2.13 bits per heavy atom. The van der Waals surface area contributed by atoms with Gasteiger partial charge in [0.2, 0.25) is 0 Å². The number of thiocarbonyl (C=S) groups is 1. The van der Waals surface area contributed by atoms with Crippen LogP contribution in [0.4, 0.5) is 5.69 Å². The summed E-state index contributed by atoms with van der Waals surface area (Å²) in [6, 6.07) is 5.73. The minimum Gasteiger partial charge on any atom is -0.496 e. The monoisotopic (exact) mass is 427 g/mol. The van der Waals surface area contributed by atoms with Crippen molar-refractivity contribution in [2.75, 3.05) is 7.11 Å². The molecule has 2 aliphatic rings. The SMILES string of the molecule is COc1ccc(/C=C2/NC(=S)N(C3CC3)C2=O)cc1Cn1nc(C)c([N+](=O)[O-])c1C. The molecule has 156 valence electrons. The molecule has 1 amide bonds. The van der Waals surface area contributed by atoms with Crippen LogP contribution in [0.25, 0.3) is 6.08 Å². The summed E-state index contributed by atoms with van der Waals surface area (Å²) in [7, 11) is 1.56. The number of amides is 1. The number of nitrogens with zero attached hydrogens (tertiary/aromatic N) is 4. The molecular formula is C20H21N5O4S. The summed E-state index contributed by atoms with van der Waals surface area (Å²) >= 11 is 5.30. The number of hydrogen-bond donors (Lipinski definition) is 1. The molecule has 1 aliphatic carbocycles. The van der Waals surface area contributed by atoms with E-state index in [1.807, 2.05) is 12.1 Å². The van der Waals surface area contributed by atoms with Crippen LogP contribution >= 0.6 is 12.2 Å². The van der Waals surface area contributed by atoms with Gasteiger partial charge in [-0.15, -0.1) is 0 Å². The van der Waals surface area contributed by atoms with Crippen LogP contribution in [-0.4, -0.2) is 43.8 Å². The molecule has 0 spiro atoms. The van der Waals surface area contributed by atoms with Gasteiger partial charge in [0.1, 0.15) is 22.8 Å². The highest BCUT2D eigenvalue weighted by Crippen LogP contribution is 2.31. The van der Waals surface area contributed by atoms with Crippen molar-refractivity contribution in [2.45, 2.75) is 39.3 Å². The Morgan fingerprint density at radius 1 is 1.40 bits per heavy atom. The molecule has 0 bridgehead atoms. The van der Waals surface area contributed by atoms with Gasteiger partial charge in [-0.1, -0.05) is 6.07 Å². The summed E-state index contributed by atoms with van der Waals surface area (Å²) in [6.07, 6.45) is 3.70. The average molecular weight is 427 g/mol. The maximum absolute atomic E-state index is 12.7. The van der Waals surface area contributed by atoms with Crippen molar-refractivity contribution in [3.05, 3.63) is 56.5 Å². The van der Waals surface area contributed by atoms with Crippen molar-refractivity contribution in [3.63, 3.8) is 0 Å². The molecule has 0 atom stereocenters. The van der Waals surface area contributed by atoms with Gasteiger partial charge in [-0.05, 0) is 62.7 Å². The number of carbonyl (C=O) groups is 1. The van der Waals surface area contributed by atoms with Gasteiger partial charge >= 0.3 is 5.69 Å². The first-order valence-corrected chi connectivity index (χ1v) is 9.92. The number of hydrogen-bond acceptors (Lipinski definition) is 6. The number of rotatable bonds is 6. The van der Waals surface area contributed by atoms with Crippen molar-refractivity contribution in [3.8, 4) is 5.75 Å². The van der Waals surface area contributed by atoms with Gasteiger partial charge in [0, 0.05) is 11.6 Å². The maximum Gasteiger partial charge on any atom is 0.312 e. The zero-order chi connectivity index (χ0) is 21.6. The molecule has 9 nitrogen and oxygen atoms in total. The summed E-state index contributed by atoms with van der Waals surface area (Å²) in [5, 5.41) is 19.0. The second kappa shape index (κ2) is 7.52. The van der Waals surface area contributed by atoms with Crippen molar-refractivity contribution in [1.82, 2.24) is 20.0 Å². The summed E-state index contributed by atoms with van der Waals surface area (Å²) in [5.74, 6) is 0.516. The van der Waals surface area contributed by atoms with E-state index in [9.17, 15) is 14.9 Å². The van der Waals surface area contributed by atoms with E-state index in [4.69, 9.17) is 17.0 Å². The lowest BCUT2D eigenvalue weighted by atomic mass is 10.1. The Morgan fingerprint density at radius 3 is 2.73 bits per heavy atom. The summed E-state index contributed by atoms with van der Waals surface area (Å²) in [6.45, 7) is 3.59. The van der Waals surface area contributed by atoms with Gasteiger partial charge in [0.05, 0.1) is 18.6 Å². The summed E-state index contributed by atoms with van der Waals surface area (Å²) in [4.78, 5) is 25.2. The highest BCUT2D eigenvalue weighted by Gasteiger charge is 2.41. The molecule has 1 aromatic heterocycles. The van der Waals surface area contributed by atoms with E-state index in [2.05, 4.69) is 10.4 Å². The van der Waals surface area contributed by atoms with Crippen molar-refractivity contribution in [1.29, 1.82) is 0 Å². The Labute approximate surface area is 178 Å². The Bertz CT molecular complexity index is 1100. The first-order valence-electron chi connectivity index (χ1n) is 9.51. The van der Waals surface area contributed by atoms with Crippen LogP contribution < -0.4 is 10.1 Å². The largest absolute Gasteiger partial charge is 0.496 e. The smallest absolute Gasteiger partial charge is 0.312 e. The zero-order valence-electron chi connectivity index (χ0n) is 16.8. The molecule has 2 fully saturated rings. The fraction of sp³-hybridized carbons (Fsp3) is 0.350. The first-order chi connectivity index (χ1) is 14.3. The van der Waals surface area contributed by atoms with Crippen molar-refractivity contribution in [2.24, 2.45) is 0 Å². The summed E-state index contributed by atoms with van der Waals surface area (Å²) < 4.78 is 7.04. The summed E-state index contributed by atoms with van der Waals surface area (Å²) in [5.41, 5.74) is 2.87. The van der Waals surface area contributed by atoms with E-state index in [0.717, 1.165) is 24.0 Å². The maximum atomic E-state index is 12.7. The van der Waals surface area contributed by atoms with Gasteiger partial charge in [-0.25, -0.2) is 0 Å². The molecule has 1 aromatic carbocycles. The number of carbonyl (C=O) groups excluding carboxylic acids is 1. The number of nitrogens with one attached hydrogen (secondary N) is 1. The van der Waals surface area contributed by atoms with E-state index in [-0.39, 0.29) is 17.6 Å². The van der Waals surface area contributed by atoms with Crippen LogP contribution in [-0.2, 0) is 11.3 Å². The van der Waals surface area contributed by atoms with Gasteiger partial charge < -0.3 is 10.1 Å². The second-order valence-corrected chi connectivity index (χ2v) is 7.79. The third-order valence-electron chi connectivity index (χ3n) is 5.28. The van der Waals surface area contributed by atoms with E-state index >= 15 is 0 Å². The average Bonchev–Trinajstić information content (AvgIpc) is 3.42. The second-order valence-electron chi connectivity index (χ2n) is 7.40. The van der Waals surface area contributed by atoms with Gasteiger partial charge in [0.25, 0.3) is 5.91 Å². The minimum absolute atomic E-state index is 0.0154. The number of aryl methyl sites for hydroxylation is 1. The third kappa shape index (κ3) is 3.54. The molecule has 1 saturated heterocycles. The predicted octanol–water partition coefficient (Wildman–Crippen LogP) is 2.69. The topological polar surface area (TPSA) is 103 Å². The number of nitro groups is 1. The normalized spacial score (nSPS) is 17.6. The van der Waals surface area contributed by atoms with E-state index < -0.39 is 4.92 Å². The number of benzene rings is 1.